The molecule has 1 unspecified atom stereocenters. The van der Waals surface area contributed by atoms with E-state index >= 15 is 0 Å². The number of nitro groups is 1. The van der Waals surface area contributed by atoms with E-state index in [1.807, 2.05) is 4.90 Å². The SMILES string of the molecule is C[C@H](O)c1ccc(N2CCC(CCO)C2)c([N+](=O)[O-])c1. The maximum Gasteiger partial charge on any atom is 0.292 e. The van der Waals surface area contributed by atoms with Crippen molar-refractivity contribution in [2.24, 2.45) is 5.92 Å². The van der Waals surface area contributed by atoms with E-state index in [-0.39, 0.29) is 12.3 Å². The molecule has 110 valence electrons. The van der Waals surface area contributed by atoms with Crippen LogP contribution in [0.15, 0.2) is 18.2 Å². The van der Waals surface area contributed by atoms with Gasteiger partial charge in [-0.25, -0.2) is 0 Å². The molecule has 1 aliphatic rings. The van der Waals surface area contributed by atoms with Gasteiger partial charge >= 0.3 is 0 Å². The van der Waals surface area contributed by atoms with Gasteiger partial charge in [0.15, 0.2) is 0 Å². The molecule has 6 heteroatoms. The van der Waals surface area contributed by atoms with Crippen molar-refractivity contribution in [3.63, 3.8) is 0 Å². The lowest BCUT2D eigenvalue weighted by Gasteiger charge is -2.19. The molecule has 2 N–H and O–H groups in total. The maximum atomic E-state index is 11.2. The lowest BCUT2D eigenvalue weighted by molar-refractivity contribution is -0.384. The van der Waals surface area contributed by atoms with E-state index in [1.54, 1.807) is 19.1 Å². The summed E-state index contributed by atoms with van der Waals surface area (Å²) in [5.74, 6) is 0.385. The Morgan fingerprint density at radius 2 is 2.30 bits per heavy atom. The Morgan fingerprint density at radius 3 is 2.90 bits per heavy atom. The lowest BCUT2D eigenvalue weighted by atomic mass is 10.1. The summed E-state index contributed by atoms with van der Waals surface area (Å²) in [5, 5.41) is 29.7. The topological polar surface area (TPSA) is 86.8 Å². The van der Waals surface area contributed by atoms with E-state index in [0.717, 1.165) is 25.9 Å². The summed E-state index contributed by atoms with van der Waals surface area (Å²) in [6.07, 6.45) is 0.954. The minimum Gasteiger partial charge on any atom is -0.396 e. The summed E-state index contributed by atoms with van der Waals surface area (Å²) in [6, 6.07) is 4.88. The van der Waals surface area contributed by atoms with Gasteiger partial charge < -0.3 is 15.1 Å². The van der Waals surface area contributed by atoms with Crippen molar-refractivity contribution in [1.29, 1.82) is 0 Å². The fraction of sp³-hybridized carbons (Fsp3) is 0.571. The largest absolute Gasteiger partial charge is 0.396 e. The molecule has 0 bridgehead atoms. The third-order valence-corrected chi connectivity index (χ3v) is 3.84. The van der Waals surface area contributed by atoms with Gasteiger partial charge in [-0.2, -0.15) is 0 Å². The second kappa shape index (κ2) is 6.19. The highest BCUT2D eigenvalue weighted by Crippen LogP contribution is 2.34. The van der Waals surface area contributed by atoms with Crippen LogP contribution in [0.3, 0.4) is 0 Å². The van der Waals surface area contributed by atoms with Gasteiger partial charge in [0, 0.05) is 25.8 Å². The van der Waals surface area contributed by atoms with E-state index in [1.165, 1.54) is 6.07 Å². The van der Waals surface area contributed by atoms with Crippen LogP contribution in [0.5, 0.6) is 0 Å². The summed E-state index contributed by atoms with van der Waals surface area (Å²) in [4.78, 5) is 12.8. The number of aliphatic hydroxyl groups is 2. The van der Waals surface area contributed by atoms with E-state index in [9.17, 15) is 15.2 Å². The average molecular weight is 280 g/mol. The highest BCUT2D eigenvalue weighted by atomic mass is 16.6. The number of hydrogen-bond donors (Lipinski definition) is 2. The quantitative estimate of drug-likeness (QED) is 0.635. The molecule has 0 aliphatic carbocycles. The predicted molar refractivity (Wildman–Crippen MR) is 75.8 cm³/mol. The molecular formula is C14H20N2O4. The Morgan fingerprint density at radius 1 is 1.55 bits per heavy atom. The smallest absolute Gasteiger partial charge is 0.292 e. The number of hydrogen-bond acceptors (Lipinski definition) is 5. The highest BCUT2D eigenvalue weighted by Gasteiger charge is 2.27. The zero-order valence-corrected chi connectivity index (χ0v) is 11.5. The molecule has 1 aromatic rings. The van der Waals surface area contributed by atoms with Crippen molar-refractivity contribution in [2.75, 3.05) is 24.6 Å². The number of rotatable bonds is 5. The highest BCUT2D eigenvalue weighted by molar-refractivity contribution is 5.65. The van der Waals surface area contributed by atoms with Crippen molar-refractivity contribution in [2.45, 2.75) is 25.9 Å². The number of nitrogens with zero attached hydrogens (tertiary/aromatic N) is 2. The van der Waals surface area contributed by atoms with Crippen LogP contribution in [-0.2, 0) is 0 Å². The van der Waals surface area contributed by atoms with E-state index in [4.69, 9.17) is 5.11 Å². The second-order valence-electron chi connectivity index (χ2n) is 5.29. The van der Waals surface area contributed by atoms with Gasteiger partial charge in [-0.3, -0.25) is 10.1 Å². The zero-order valence-electron chi connectivity index (χ0n) is 11.5. The van der Waals surface area contributed by atoms with Crippen molar-refractivity contribution >= 4 is 11.4 Å². The summed E-state index contributed by atoms with van der Waals surface area (Å²) < 4.78 is 0. The molecule has 1 heterocycles. The minimum atomic E-state index is -0.719. The van der Waals surface area contributed by atoms with Crippen LogP contribution in [0.4, 0.5) is 11.4 Å². The summed E-state index contributed by atoms with van der Waals surface area (Å²) in [5.41, 5.74) is 1.18. The zero-order chi connectivity index (χ0) is 14.7. The molecule has 0 aromatic heterocycles. The molecule has 0 amide bonds. The Balaban J connectivity index is 2.25. The molecule has 20 heavy (non-hydrogen) atoms. The molecule has 1 aliphatic heterocycles. The number of nitro benzene ring substituents is 1. The van der Waals surface area contributed by atoms with Crippen LogP contribution in [-0.4, -0.2) is 34.8 Å². The van der Waals surface area contributed by atoms with Crippen LogP contribution in [0, 0.1) is 16.0 Å². The van der Waals surface area contributed by atoms with Gasteiger partial charge in [0.1, 0.15) is 5.69 Å². The Bertz CT molecular complexity index is 490. The second-order valence-corrected chi connectivity index (χ2v) is 5.29. The van der Waals surface area contributed by atoms with Gasteiger partial charge in [-0.05, 0) is 37.3 Å². The third-order valence-electron chi connectivity index (χ3n) is 3.84. The van der Waals surface area contributed by atoms with Gasteiger partial charge in [0.05, 0.1) is 11.0 Å². The first kappa shape index (κ1) is 14.7. The van der Waals surface area contributed by atoms with Gasteiger partial charge in [-0.1, -0.05) is 6.07 Å². The summed E-state index contributed by atoms with van der Waals surface area (Å²) >= 11 is 0. The lowest BCUT2D eigenvalue weighted by Crippen LogP contribution is -2.21. The fourth-order valence-corrected chi connectivity index (χ4v) is 2.68. The molecule has 2 atom stereocenters. The first-order chi connectivity index (χ1) is 9.52. The van der Waals surface area contributed by atoms with Crippen molar-refractivity contribution < 1.29 is 15.1 Å². The molecular weight excluding hydrogens is 260 g/mol. The molecule has 1 fully saturated rings. The summed E-state index contributed by atoms with van der Waals surface area (Å²) in [7, 11) is 0. The number of benzene rings is 1. The van der Waals surface area contributed by atoms with Crippen molar-refractivity contribution in [3.8, 4) is 0 Å². The van der Waals surface area contributed by atoms with Crippen LogP contribution in [0.2, 0.25) is 0 Å². The van der Waals surface area contributed by atoms with Crippen LogP contribution in [0.25, 0.3) is 0 Å². The van der Waals surface area contributed by atoms with E-state index < -0.39 is 11.0 Å². The standard InChI is InChI=1S/C14H20N2O4/c1-10(18)12-2-3-13(14(8-12)16(19)20)15-6-4-11(9-15)5-7-17/h2-3,8,10-11,17-18H,4-7,9H2,1H3/t10-,11?/m0/s1. The van der Waals surface area contributed by atoms with Gasteiger partial charge in [-0.15, -0.1) is 0 Å². The molecule has 1 aromatic carbocycles. The molecule has 0 radical (unpaired) electrons. The Hall–Kier alpha value is -1.66. The number of anilines is 1. The van der Waals surface area contributed by atoms with Crippen LogP contribution >= 0.6 is 0 Å². The van der Waals surface area contributed by atoms with Crippen molar-refractivity contribution in [3.05, 3.63) is 33.9 Å². The summed E-state index contributed by atoms with van der Waals surface area (Å²) in [6.45, 7) is 3.24. The average Bonchev–Trinajstić information content (AvgIpc) is 2.86. The first-order valence-electron chi connectivity index (χ1n) is 6.85. The third kappa shape index (κ3) is 3.08. The fourth-order valence-electron chi connectivity index (χ4n) is 2.68. The molecule has 2 rings (SSSR count). The number of aliphatic hydroxyl groups excluding tert-OH is 2. The monoisotopic (exact) mass is 280 g/mol. The molecule has 1 saturated heterocycles. The van der Waals surface area contributed by atoms with Crippen LogP contribution in [0.1, 0.15) is 31.4 Å². The van der Waals surface area contributed by atoms with Crippen LogP contribution < -0.4 is 4.90 Å². The molecule has 0 spiro atoms. The van der Waals surface area contributed by atoms with Crippen molar-refractivity contribution in [1.82, 2.24) is 0 Å². The maximum absolute atomic E-state index is 11.2. The van der Waals surface area contributed by atoms with Gasteiger partial charge in [0.25, 0.3) is 5.69 Å². The first-order valence-corrected chi connectivity index (χ1v) is 6.85. The Labute approximate surface area is 117 Å². The van der Waals surface area contributed by atoms with Gasteiger partial charge in [0.2, 0.25) is 0 Å². The minimum absolute atomic E-state index is 0.0352. The normalized spacial score (nSPS) is 20.1. The Kier molecular flexibility index (Phi) is 4.57. The molecule has 0 saturated carbocycles. The van der Waals surface area contributed by atoms with E-state index in [2.05, 4.69) is 0 Å². The molecule has 6 nitrogen and oxygen atoms in total. The predicted octanol–water partition coefficient (Wildman–Crippen LogP) is 1.86. The van der Waals surface area contributed by atoms with E-state index in [0.29, 0.717) is 17.2 Å².